The first-order valence-electron chi connectivity index (χ1n) is 11.8. The zero-order valence-electron chi connectivity index (χ0n) is 18.3. The Bertz CT molecular complexity index is 903. The Kier molecular flexibility index (Phi) is 6.75. The first kappa shape index (κ1) is 21.3. The van der Waals surface area contributed by atoms with E-state index < -0.39 is 11.6 Å². The van der Waals surface area contributed by atoms with Crippen LogP contribution in [0.2, 0.25) is 0 Å². The molecule has 2 aromatic carbocycles. The molecule has 1 nitrogen and oxygen atoms in total. The maximum Gasteiger partial charge on any atom is 0.175 e. The van der Waals surface area contributed by atoms with Crippen molar-refractivity contribution in [2.24, 2.45) is 17.8 Å². The minimum absolute atomic E-state index is 0.0467. The van der Waals surface area contributed by atoms with Gasteiger partial charge in [0.05, 0.1) is 5.39 Å². The van der Waals surface area contributed by atoms with Gasteiger partial charge in [0, 0.05) is 0 Å². The van der Waals surface area contributed by atoms with E-state index in [0.717, 1.165) is 36.2 Å². The highest BCUT2D eigenvalue weighted by Gasteiger charge is 2.36. The zero-order valence-corrected chi connectivity index (χ0v) is 18.3. The highest BCUT2D eigenvalue weighted by Crippen LogP contribution is 2.48. The summed E-state index contributed by atoms with van der Waals surface area (Å²) in [7, 11) is 0. The van der Waals surface area contributed by atoms with Crippen LogP contribution in [-0.2, 0) is 0 Å². The maximum atomic E-state index is 15.0. The maximum absolute atomic E-state index is 15.0. The molecule has 3 heteroatoms. The van der Waals surface area contributed by atoms with Gasteiger partial charge in [-0.1, -0.05) is 50.5 Å². The molecule has 0 radical (unpaired) electrons. The van der Waals surface area contributed by atoms with Gasteiger partial charge >= 0.3 is 0 Å². The van der Waals surface area contributed by atoms with Crippen LogP contribution in [0.4, 0.5) is 8.78 Å². The molecule has 30 heavy (non-hydrogen) atoms. The molecule has 2 unspecified atom stereocenters. The fraction of sp³-hybridized carbons (Fsp3) is 0.556. The van der Waals surface area contributed by atoms with Gasteiger partial charge in [0.25, 0.3) is 0 Å². The van der Waals surface area contributed by atoms with Gasteiger partial charge in [-0.05, 0) is 85.8 Å². The molecular formula is C27H34F2O. The third-order valence-corrected chi connectivity index (χ3v) is 7.45. The number of allylic oxidation sites excluding steroid dienone is 1. The van der Waals surface area contributed by atoms with Crippen molar-refractivity contribution in [3.05, 3.63) is 53.6 Å². The predicted octanol–water partition coefficient (Wildman–Crippen LogP) is 8.17. The fourth-order valence-corrected chi connectivity index (χ4v) is 5.92. The van der Waals surface area contributed by atoms with Crippen LogP contribution in [0, 0.1) is 29.4 Å². The average molecular weight is 413 g/mol. The summed E-state index contributed by atoms with van der Waals surface area (Å²) in [5, 5.41) is 0.681. The van der Waals surface area contributed by atoms with Gasteiger partial charge < -0.3 is 4.74 Å². The minimum atomic E-state index is -0.598. The van der Waals surface area contributed by atoms with Crippen LogP contribution in [0.25, 0.3) is 10.8 Å². The topological polar surface area (TPSA) is 9.23 Å². The molecular weight excluding hydrogens is 378 g/mol. The van der Waals surface area contributed by atoms with E-state index in [1.807, 2.05) is 19.1 Å². The zero-order chi connectivity index (χ0) is 21.1. The van der Waals surface area contributed by atoms with E-state index in [-0.39, 0.29) is 17.7 Å². The molecule has 0 bridgehead atoms. The van der Waals surface area contributed by atoms with Gasteiger partial charge in [-0.25, -0.2) is 8.78 Å². The van der Waals surface area contributed by atoms with Crippen LogP contribution in [0.1, 0.15) is 76.7 Å². The summed E-state index contributed by atoms with van der Waals surface area (Å²) in [4.78, 5) is 0. The lowest BCUT2D eigenvalue weighted by atomic mass is 9.63. The lowest BCUT2D eigenvalue weighted by Gasteiger charge is -2.42. The molecule has 0 N–H and O–H groups in total. The van der Waals surface area contributed by atoms with Gasteiger partial charge in [-0.15, -0.1) is 0 Å². The van der Waals surface area contributed by atoms with Gasteiger partial charge in [-0.3, -0.25) is 0 Å². The molecule has 0 spiro atoms. The van der Waals surface area contributed by atoms with Crippen molar-refractivity contribution in [1.29, 1.82) is 0 Å². The Balaban J connectivity index is 1.52. The normalized spacial score (nSPS) is 26.8. The molecule has 4 atom stereocenters. The van der Waals surface area contributed by atoms with E-state index in [0.29, 0.717) is 11.3 Å². The molecule has 162 valence electrons. The summed E-state index contributed by atoms with van der Waals surface area (Å²) in [5.74, 6) is 1.97. The molecule has 0 heterocycles. The molecule has 4 rings (SSSR count). The van der Waals surface area contributed by atoms with Gasteiger partial charge in [0.15, 0.2) is 11.6 Å². The monoisotopic (exact) mass is 412 g/mol. The van der Waals surface area contributed by atoms with Crippen LogP contribution in [-0.4, -0.2) is 6.61 Å². The molecule has 0 saturated heterocycles. The summed E-state index contributed by atoms with van der Waals surface area (Å²) in [6.45, 7) is 4.45. The van der Waals surface area contributed by atoms with Crippen molar-refractivity contribution in [3.63, 3.8) is 0 Å². The fourth-order valence-electron chi connectivity index (χ4n) is 5.92. The lowest BCUT2D eigenvalue weighted by Crippen LogP contribution is -2.30. The van der Waals surface area contributed by atoms with E-state index in [1.165, 1.54) is 38.5 Å². The molecule has 0 aliphatic heterocycles. The van der Waals surface area contributed by atoms with E-state index >= 15 is 0 Å². The lowest BCUT2D eigenvalue weighted by molar-refractivity contribution is 0.114. The second-order valence-corrected chi connectivity index (χ2v) is 9.36. The number of benzene rings is 2. The molecule has 0 amide bonds. The Morgan fingerprint density at radius 1 is 1.03 bits per heavy atom. The Labute approximate surface area is 179 Å². The molecule has 2 saturated carbocycles. The van der Waals surface area contributed by atoms with Crippen molar-refractivity contribution >= 4 is 10.8 Å². The quantitative estimate of drug-likeness (QED) is 0.435. The minimum Gasteiger partial charge on any atom is -0.486 e. The highest BCUT2D eigenvalue weighted by atomic mass is 19.1. The number of halogens is 2. The van der Waals surface area contributed by atoms with Crippen LogP contribution in [0.3, 0.4) is 0 Å². The number of hydrogen-bond acceptors (Lipinski definition) is 1. The van der Waals surface area contributed by atoms with Gasteiger partial charge in [0.1, 0.15) is 12.4 Å². The highest BCUT2D eigenvalue weighted by molar-refractivity contribution is 5.86. The number of ether oxygens (including phenoxy) is 1. The van der Waals surface area contributed by atoms with E-state index in [2.05, 4.69) is 6.92 Å². The third kappa shape index (κ3) is 4.40. The van der Waals surface area contributed by atoms with Crippen LogP contribution in [0.5, 0.6) is 5.75 Å². The van der Waals surface area contributed by atoms with E-state index in [9.17, 15) is 8.78 Å². The largest absolute Gasteiger partial charge is 0.486 e. The third-order valence-electron chi connectivity index (χ3n) is 7.45. The molecule has 2 fully saturated rings. The summed E-state index contributed by atoms with van der Waals surface area (Å²) in [6.07, 6.45) is 13.9. The van der Waals surface area contributed by atoms with Crippen molar-refractivity contribution in [1.82, 2.24) is 0 Å². The Morgan fingerprint density at radius 2 is 1.83 bits per heavy atom. The predicted molar refractivity (Wildman–Crippen MR) is 120 cm³/mol. The van der Waals surface area contributed by atoms with Crippen molar-refractivity contribution in [3.8, 4) is 5.75 Å². The second-order valence-electron chi connectivity index (χ2n) is 9.36. The first-order valence-corrected chi connectivity index (χ1v) is 11.8. The standard InChI is InChI=1S/C27H34F2O/c1-3-5-13-30-25-12-11-22-16-23(17-24(28)26(22)27(25)29)21-10-9-19-14-18(6-4-2)7-8-20(19)15-21/h3,5,11-12,16-21H,4,6-10,13-15H2,1-2H3/b5-3+/t18?,19-,20?,21-/m1/s1. The summed E-state index contributed by atoms with van der Waals surface area (Å²) >= 11 is 0. The molecule has 0 aromatic heterocycles. The van der Waals surface area contributed by atoms with Crippen LogP contribution >= 0.6 is 0 Å². The van der Waals surface area contributed by atoms with Crippen molar-refractivity contribution in [2.45, 2.75) is 71.1 Å². The average Bonchev–Trinajstić information content (AvgIpc) is 2.75. The SMILES string of the molecule is C/C=C/COc1ccc2cc([C@@H]3CC[C@@H]4CC(CCC)CCC4C3)cc(F)c2c1F. The summed E-state index contributed by atoms with van der Waals surface area (Å²) in [5.41, 5.74) is 1.04. The van der Waals surface area contributed by atoms with Crippen LogP contribution < -0.4 is 4.74 Å². The number of rotatable bonds is 6. The number of hydrogen-bond donors (Lipinski definition) is 0. The van der Waals surface area contributed by atoms with E-state index in [1.54, 1.807) is 24.3 Å². The summed E-state index contributed by atoms with van der Waals surface area (Å²) < 4.78 is 35.3. The van der Waals surface area contributed by atoms with E-state index in [4.69, 9.17) is 4.74 Å². The van der Waals surface area contributed by atoms with Gasteiger partial charge in [0.2, 0.25) is 0 Å². The molecule has 2 aromatic rings. The van der Waals surface area contributed by atoms with Crippen molar-refractivity contribution < 1.29 is 13.5 Å². The summed E-state index contributed by atoms with van der Waals surface area (Å²) in [6, 6.07) is 6.99. The van der Waals surface area contributed by atoms with Gasteiger partial charge in [-0.2, -0.15) is 0 Å². The Hall–Kier alpha value is -1.90. The molecule has 2 aliphatic carbocycles. The number of fused-ring (bicyclic) bond motifs is 2. The second kappa shape index (κ2) is 9.49. The van der Waals surface area contributed by atoms with Crippen molar-refractivity contribution in [2.75, 3.05) is 6.61 Å². The first-order chi connectivity index (χ1) is 14.6. The van der Waals surface area contributed by atoms with Crippen LogP contribution in [0.15, 0.2) is 36.4 Å². The Morgan fingerprint density at radius 3 is 2.63 bits per heavy atom. The molecule has 2 aliphatic rings. The smallest absolute Gasteiger partial charge is 0.175 e.